The molecule has 0 atom stereocenters. The van der Waals surface area contributed by atoms with Crippen LogP contribution >= 0.6 is 0 Å². The van der Waals surface area contributed by atoms with E-state index in [1.54, 1.807) is 17.7 Å². The summed E-state index contributed by atoms with van der Waals surface area (Å²) in [5.41, 5.74) is 3.56. The lowest BCUT2D eigenvalue weighted by Gasteiger charge is -2.32. The van der Waals surface area contributed by atoms with Gasteiger partial charge in [-0.15, -0.1) is 0 Å². The minimum atomic E-state index is 0.00856. The molecular weight excluding hydrogens is 354 g/mol. The number of fused-ring (bicyclic) bond motifs is 1. The van der Waals surface area contributed by atoms with Crippen LogP contribution in [0.1, 0.15) is 34.8 Å². The summed E-state index contributed by atoms with van der Waals surface area (Å²) < 4.78 is 8.94. The van der Waals surface area contributed by atoms with Gasteiger partial charge in [-0.3, -0.25) is 13.9 Å². The van der Waals surface area contributed by atoms with E-state index in [1.165, 1.54) is 0 Å². The Balaban J connectivity index is 1.54. The maximum atomic E-state index is 12.9. The minimum Gasteiger partial charge on any atom is -0.496 e. The van der Waals surface area contributed by atoms with E-state index >= 15 is 0 Å². The monoisotopic (exact) mass is 379 g/mol. The van der Waals surface area contributed by atoms with Gasteiger partial charge in [0.2, 0.25) is 0 Å². The van der Waals surface area contributed by atoms with Crippen molar-refractivity contribution in [1.82, 2.24) is 14.0 Å². The highest BCUT2D eigenvalue weighted by Gasteiger charge is 2.27. The van der Waals surface area contributed by atoms with Gasteiger partial charge >= 0.3 is 5.69 Å². The van der Waals surface area contributed by atoms with Crippen molar-refractivity contribution in [2.75, 3.05) is 20.2 Å². The fraction of sp³-hybridized carbons (Fsp3) is 0.364. The first kappa shape index (κ1) is 18.3. The van der Waals surface area contributed by atoms with E-state index in [-0.39, 0.29) is 17.6 Å². The molecule has 4 rings (SSSR count). The Kier molecular flexibility index (Phi) is 4.71. The van der Waals surface area contributed by atoms with Crippen LogP contribution in [-0.2, 0) is 7.05 Å². The van der Waals surface area contributed by atoms with Crippen molar-refractivity contribution in [3.63, 3.8) is 0 Å². The molecule has 1 amide bonds. The van der Waals surface area contributed by atoms with E-state index in [2.05, 4.69) is 0 Å². The predicted octanol–water partition coefficient (Wildman–Crippen LogP) is 3.13. The number of carbonyl (C=O) groups is 1. The second kappa shape index (κ2) is 7.19. The van der Waals surface area contributed by atoms with Crippen molar-refractivity contribution in [3.8, 4) is 5.75 Å². The number of rotatable bonds is 3. The molecule has 0 saturated carbocycles. The number of hydrogen-bond acceptors (Lipinski definition) is 3. The molecule has 6 nitrogen and oxygen atoms in total. The number of nitrogens with zero attached hydrogens (tertiary/aromatic N) is 3. The van der Waals surface area contributed by atoms with Crippen molar-refractivity contribution >= 4 is 16.9 Å². The van der Waals surface area contributed by atoms with Gasteiger partial charge in [-0.1, -0.05) is 18.2 Å². The second-order valence-electron chi connectivity index (χ2n) is 7.41. The van der Waals surface area contributed by atoms with Gasteiger partial charge < -0.3 is 9.64 Å². The number of piperidine rings is 1. The van der Waals surface area contributed by atoms with Crippen LogP contribution < -0.4 is 10.4 Å². The van der Waals surface area contributed by atoms with Crippen LogP contribution in [0.3, 0.4) is 0 Å². The SMILES string of the molecule is COc1cc(C(=O)N2CCC(n3c(=O)n(C)c4ccccc43)CC2)ccc1C. The zero-order valence-corrected chi connectivity index (χ0v) is 16.5. The maximum absolute atomic E-state index is 12.9. The Hall–Kier alpha value is -3.02. The van der Waals surface area contributed by atoms with E-state index in [4.69, 9.17) is 4.74 Å². The molecule has 0 N–H and O–H groups in total. The maximum Gasteiger partial charge on any atom is 0.329 e. The smallest absolute Gasteiger partial charge is 0.329 e. The molecule has 0 radical (unpaired) electrons. The van der Waals surface area contributed by atoms with Gasteiger partial charge in [0.25, 0.3) is 5.91 Å². The Morgan fingerprint density at radius 3 is 2.43 bits per heavy atom. The van der Waals surface area contributed by atoms with Crippen molar-refractivity contribution in [1.29, 1.82) is 0 Å². The van der Waals surface area contributed by atoms with Crippen LogP contribution in [0.4, 0.5) is 0 Å². The summed E-state index contributed by atoms with van der Waals surface area (Å²) in [6.07, 6.45) is 1.53. The lowest BCUT2D eigenvalue weighted by atomic mass is 10.0. The van der Waals surface area contributed by atoms with Crippen molar-refractivity contribution in [2.24, 2.45) is 7.05 Å². The molecule has 6 heteroatoms. The number of aromatic nitrogens is 2. The molecule has 28 heavy (non-hydrogen) atoms. The summed E-state index contributed by atoms with van der Waals surface area (Å²) in [5.74, 6) is 0.741. The zero-order valence-electron chi connectivity index (χ0n) is 16.5. The highest BCUT2D eigenvalue weighted by atomic mass is 16.5. The molecule has 1 aliphatic rings. The number of amides is 1. The number of ether oxygens (including phenoxy) is 1. The van der Waals surface area contributed by atoms with Gasteiger partial charge in [-0.2, -0.15) is 0 Å². The molecule has 3 aromatic rings. The molecule has 2 heterocycles. The first-order valence-electron chi connectivity index (χ1n) is 9.61. The van der Waals surface area contributed by atoms with Crippen molar-refractivity contribution in [3.05, 3.63) is 64.1 Å². The highest BCUT2D eigenvalue weighted by molar-refractivity contribution is 5.94. The fourth-order valence-electron chi connectivity index (χ4n) is 4.13. The summed E-state index contributed by atoms with van der Waals surface area (Å²) in [4.78, 5) is 27.5. The third-order valence-corrected chi connectivity index (χ3v) is 5.77. The van der Waals surface area contributed by atoms with Gasteiger partial charge in [-0.05, 0) is 49.6 Å². The summed E-state index contributed by atoms with van der Waals surface area (Å²) in [7, 11) is 3.43. The standard InChI is InChI=1S/C22H25N3O3/c1-15-8-9-16(14-20(15)28-3)21(26)24-12-10-17(11-13-24)25-19-7-5-4-6-18(19)23(2)22(25)27/h4-9,14,17H,10-13H2,1-3H3. The molecule has 0 spiro atoms. The predicted molar refractivity (Wildman–Crippen MR) is 109 cm³/mol. The number of likely N-dealkylation sites (tertiary alicyclic amines) is 1. The minimum absolute atomic E-state index is 0.00856. The van der Waals surface area contributed by atoms with Crippen LogP contribution in [-0.4, -0.2) is 40.1 Å². The molecule has 0 aliphatic carbocycles. The molecule has 1 fully saturated rings. The first-order chi connectivity index (χ1) is 13.5. The van der Waals surface area contributed by atoms with Gasteiger partial charge in [0.15, 0.2) is 0 Å². The Bertz CT molecular complexity index is 1090. The Morgan fingerprint density at radius 1 is 1.07 bits per heavy atom. The lowest BCUT2D eigenvalue weighted by Crippen LogP contribution is -2.40. The number of hydrogen-bond donors (Lipinski definition) is 0. The molecule has 146 valence electrons. The van der Waals surface area contributed by atoms with Gasteiger partial charge in [0.05, 0.1) is 18.1 Å². The third-order valence-electron chi connectivity index (χ3n) is 5.77. The number of aryl methyl sites for hydroxylation is 2. The largest absolute Gasteiger partial charge is 0.496 e. The van der Waals surface area contributed by atoms with Crippen molar-refractivity contribution in [2.45, 2.75) is 25.8 Å². The highest BCUT2D eigenvalue weighted by Crippen LogP contribution is 2.27. The van der Waals surface area contributed by atoms with Crippen LogP contribution in [0.5, 0.6) is 5.75 Å². The van der Waals surface area contributed by atoms with Crippen LogP contribution in [0, 0.1) is 6.92 Å². The van der Waals surface area contributed by atoms with E-state index in [9.17, 15) is 9.59 Å². The van der Waals surface area contributed by atoms with Gasteiger partial charge in [0, 0.05) is 31.7 Å². The Morgan fingerprint density at radius 2 is 1.75 bits per heavy atom. The Labute approximate surface area is 163 Å². The number of para-hydroxylation sites is 2. The normalized spacial score (nSPS) is 15.2. The topological polar surface area (TPSA) is 56.5 Å². The quantitative estimate of drug-likeness (QED) is 0.703. The van der Waals surface area contributed by atoms with E-state index in [1.807, 2.05) is 59.8 Å². The van der Waals surface area contributed by atoms with Crippen LogP contribution in [0.25, 0.3) is 11.0 Å². The molecule has 0 unspecified atom stereocenters. The molecular formula is C22H25N3O3. The fourth-order valence-corrected chi connectivity index (χ4v) is 4.13. The third kappa shape index (κ3) is 2.99. The van der Waals surface area contributed by atoms with Crippen molar-refractivity contribution < 1.29 is 9.53 Å². The van der Waals surface area contributed by atoms with E-state index in [0.29, 0.717) is 18.7 Å². The van der Waals surface area contributed by atoms with Gasteiger partial charge in [0.1, 0.15) is 5.75 Å². The van der Waals surface area contributed by atoms with Gasteiger partial charge in [-0.25, -0.2) is 4.79 Å². The average Bonchev–Trinajstić information content (AvgIpc) is 2.99. The number of benzene rings is 2. The zero-order chi connectivity index (χ0) is 19.8. The molecule has 1 aromatic heterocycles. The molecule has 1 saturated heterocycles. The molecule has 2 aromatic carbocycles. The molecule has 0 bridgehead atoms. The van der Waals surface area contributed by atoms with Crippen LogP contribution in [0.15, 0.2) is 47.3 Å². The summed E-state index contributed by atoms with van der Waals surface area (Å²) >= 11 is 0. The summed E-state index contributed by atoms with van der Waals surface area (Å²) in [5, 5.41) is 0. The van der Waals surface area contributed by atoms with Crippen LogP contribution in [0.2, 0.25) is 0 Å². The number of carbonyl (C=O) groups excluding carboxylic acids is 1. The summed E-state index contributed by atoms with van der Waals surface area (Å²) in [6.45, 7) is 3.23. The van der Waals surface area contributed by atoms with E-state index in [0.717, 1.165) is 35.2 Å². The average molecular weight is 379 g/mol. The number of methoxy groups -OCH3 is 1. The second-order valence-corrected chi connectivity index (χ2v) is 7.41. The first-order valence-corrected chi connectivity index (χ1v) is 9.61. The lowest BCUT2D eigenvalue weighted by molar-refractivity contribution is 0.0694. The molecule has 1 aliphatic heterocycles. The summed E-state index contributed by atoms with van der Waals surface area (Å²) in [6, 6.07) is 13.5. The van der Waals surface area contributed by atoms with E-state index < -0.39 is 0 Å². The number of imidazole rings is 1.